The van der Waals surface area contributed by atoms with E-state index in [9.17, 15) is 5.11 Å². The zero-order valence-corrected chi connectivity index (χ0v) is 17.0. The number of benzene rings is 2. The lowest BCUT2D eigenvalue weighted by atomic mass is 10.0. The van der Waals surface area contributed by atoms with Crippen molar-refractivity contribution in [2.45, 2.75) is 25.6 Å². The fourth-order valence-corrected chi connectivity index (χ4v) is 4.31. The number of pyridine rings is 1. The van der Waals surface area contributed by atoms with E-state index in [-0.39, 0.29) is 6.61 Å². The van der Waals surface area contributed by atoms with E-state index in [1.807, 2.05) is 24.5 Å². The zero-order chi connectivity index (χ0) is 20.1. The number of rotatable bonds is 7. The van der Waals surface area contributed by atoms with Gasteiger partial charge in [-0.2, -0.15) is 0 Å². The molecule has 1 unspecified atom stereocenters. The lowest BCUT2D eigenvalue weighted by Gasteiger charge is -2.41. The molecule has 3 aromatic rings. The third-order valence-corrected chi connectivity index (χ3v) is 5.84. The molecule has 5 heteroatoms. The molecule has 0 saturated carbocycles. The molecule has 29 heavy (non-hydrogen) atoms. The molecular weight excluding hydrogens is 362 g/mol. The third kappa shape index (κ3) is 4.75. The van der Waals surface area contributed by atoms with Crippen LogP contribution in [0.2, 0.25) is 0 Å². The first kappa shape index (κ1) is 19.8. The second-order valence-corrected chi connectivity index (χ2v) is 7.74. The molecule has 5 nitrogen and oxygen atoms in total. The van der Waals surface area contributed by atoms with Crippen LogP contribution in [0.4, 0.5) is 0 Å². The van der Waals surface area contributed by atoms with Gasteiger partial charge in [-0.05, 0) is 41.1 Å². The van der Waals surface area contributed by atoms with Crippen LogP contribution in [-0.2, 0) is 13.1 Å². The predicted molar refractivity (Wildman–Crippen MR) is 116 cm³/mol. The standard InChI is InChI=1S/C24H29N3O2/c1-29-23-7-2-4-19(14-23)16-27-12-11-26(18-22(27)9-13-28)17-21-6-3-5-20-15-25-10-8-24(20)21/h2-8,10,14-15,22,28H,9,11-13,16-18H2,1H3. The highest BCUT2D eigenvalue weighted by atomic mass is 16.5. The second kappa shape index (κ2) is 9.35. The normalized spacial score (nSPS) is 18.2. The van der Waals surface area contributed by atoms with Crippen LogP contribution in [0.3, 0.4) is 0 Å². The Morgan fingerprint density at radius 3 is 2.86 bits per heavy atom. The van der Waals surface area contributed by atoms with E-state index in [1.54, 1.807) is 7.11 Å². The summed E-state index contributed by atoms with van der Waals surface area (Å²) in [6.07, 6.45) is 4.59. The number of methoxy groups -OCH3 is 1. The number of aliphatic hydroxyl groups is 1. The summed E-state index contributed by atoms with van der Waals surface area (Å²) in [5, 5.41) is 12.1. The van der Waals surface area contributed by atoms with Gasteiger partial charge in [0.2, 0.25) is 0 Å². The number of nitrogens with zero attached hydrogens (tertiary/aromatic N) is 3. The first-order valence-electron chi connectivity index (χ1n) is 10.3. The predicted octanol–water partition coefficient (Wildman–Crippen LogP) is 3.31. The number of piperazine rings is 1. The molecule has 2 aromatic carbocycles. The molecule has 152 valence electrons. The van der Waals surface area contributed by atoms with Gasteiger partial charge < -0.3 is 9.84 Å². The molecule has 0 bridgehead atoms. The molecule has 2 heterocycles. The summed E-state index contributed by atoms with van der Waals surface area (Å²) < 4.78 is 5.37. The van der Waals surface area contributed by atoms with Gasteiger partial charge in [0.1, 0.15) is 5.75 Å². The molecule has 4 rings (SSSR count). The van der Waals surface area contributed by atoms with Crippen LogP contribution in [0.15, 0.2) is 60.9 Å². The summed E-state index contributed by atoms with van der Waals surface area (Å²) in [4.78, 5) is 9.25. The largest absolute Gasteiger partial charge is 0.497 e. The molecule has 1 atom stereocenters. The fourth-order valence-electron chi connectivity index (χ4n) is 4.31. The maximum absolute atomic E-state index is 9.63. The minimum absolute atomic E-state index is 0.215. The molecule has 1 fully saturated rings. The van der Waals surface area contributed by atoms with Gasteiger partial charge in [-0.1, -0.05) is 30.3 Å². The van der Waals surface area contributed by atoms with Gasteiger partial charge in [-0.25, -0.2) is 0 Å². The van der Waals surface area contributed by atoms with E-state index in [4.69, 9.17) is 4.74 Å². The van der Waals surface area contributed by atoms with Gasteiger partial charge in [0.15, 0.2) is 0 Å². The van der Waals surface area contributed by atoms with Gasteiger partial charge >= 0.3 is 0 Å². The van der Waals surface area contributed by atoms with Gasteiger partial charge in [-0.15, -0.1) is 0 Å². The van der Waals surface area contributed by atoms with Gasteiger partial charge in [0.25, 0.3) is 0 Å². The van der Waals surface area contributed by atoms with Crippen molar-refractivity contribution in [3.05, 3.63) is 72.1 Å². The highest BCUT2D eigenvalue weighted by molar-refractivity contribution is 5.84. The lowest BCUT2D eigenvalue weighted by molar-refractivity contribution is 0.0501. The zero-order valence-electron chi connectivity index (χ0n) is 17.0. The average molecular weight is 392 g/mol. The Morgan fingerprint density at radius 2 is 2.00 bits per heavy atom. The Bertz CT molecular complexity index is 941. The number of ether oxygens (including phenoxy) is 1. The summed E-state index contributed by atoms with van der Waals surface area (Å²) in [7, 11) is 1.70. The van der Waals surface area contributed by atoms with E-state index in [0.29, 0.717) is 6.04 Å². The molecule has 0 amide bonds. The Morgan fingerprint density at radius 1 is 1.10 bits per heavy atom. The molecule has 1 N–H and O–H groups in total. The first-order chi connectivity index (χ1) is 14.3. The number of aliphatic hydroxyl groups excluding tert-OH is 1. The number of aromatic nitrogens is 1. The Labute approximate surface area is 172 Å². The van der Waals surface area contributed by atoms with Crippen molar-refractivity contribution in [1.29, 1.82) is 0 Å². The van der Waals surface area contributed by atoms with E-state index >= 15 is 0 Å². The van der Waals surface area contributed by atoms with Crippen LogP contribution < -0.4 is 4.74 Å². The van der Waals surface area contributed by atoms with Gasteiger partial charge in [0.05, 0.1) is 7.11 Å². The van der Waals surface area contributed by atoms with Crippen LogP contribution >= 0.6 is 0 Å². The summed E-state index contributed by atoms with van der Waals surface area (Å²) in [6.45, 7) is 5.01. The van der Waals surface area contributed by atoms with Crippen molar-refractivity contribution in [1.82, 2.24) is 14.8 Å². The van der Waals surface area contributed by atoms with E-state index < -0.39 is 0 Å². The highest BCUT2D eigenvalue weighted by Gasteiger charge is 2.27. The molecule has 0 radical (unpaired) electrons. The van der Waals surface area contributed by atoms with E-state index in [2.05, 4.69) is 51.2 Å². The molecule has 1 saturated heterocycles. The van der Waals surface area contributed by atoms with Crippen molar-refractivity contribution < 1.29 is 9.84 Å². The van der Waals surface area contributed by atoms with Gasteiger partial charge in [0, 0.05) is 63.2 Å². The van der Waals surface area contributed by atoms with E-state index in [0.717, 1.165) is 44.9 Å². The van der Waals surface area contributed by atoms with Crippen molar-refractivity contribution in [2.75, 3.05) is 33.4 Å². The van der Waals surface area contributed by atoms with E-state index in [1.165, 1.54) is 21.9 Å². The first-order valence-corrected chi connectivity index (χ1v) is 10.3. The van der Waals surface area contributed by atoms with Crippen LogP contribution in [-0.4, -0.2) is 59.3 Å². The maximum atomic E-state index is 9.63. The third-order valence-electron chi connectivity index (χ3n) is 5.84. The van der Waals surface area contributed by atoms with Crippen LogP contribution in [0, 0.1) is 0 Å². The quantitative estimate of drug-likeness (QED) is 0.670. The minimum Gasteiger partial charge on any atom is -0.497 e. The minimum atomic E-state index is 0.215. The SMILES string of the molecule is COc1cccc(CN2CCN(Cc3cccc4cnccc34)CC2CCO)c1. The molecule has 1 aromatic heterocycles. The summed E-state index contributed by atoms with van der Waals surface area (Å²) in [6, 6.07) is 17.2. The maximum Gasteiger partial charge on any atom is 0.119 e. The van der Waals surface area contributed by atoms with Crippen molar-refractivity contribution >= 4 is 10.8 Å². The Hall–Kier alpha value is -2.47. The highest BCUT2D eigenvalue weighted by Crippen LogP contribution is 2.23. The smallest absolute Gasteiger partial charge is 0.119 e. The Kier molecular flexibility index (Phi) is 6.39. The van der Waals surface area contributed by atoms with Crippen LogP contribution in [0.25, 0.3) is 10.8 Å². The van der Waals surface area contributed by atoms with Crippen molar-refractivity contribution in [2.24, 2.45) is 0 Å². The van der Waals surface area contributed by atoms with Crippen LogP contribution in [0.5, 0.6) is 5.75 Å². The monoisotopic (exact) mass is 391 g/mol. The fraction of sp³-hybridized carbons (Fsp3) is 0.375. The summed E-state index contributed by atoms with van der Waals surface area (Å²) >= 11 is 0. The number of fused-ring (bicyclic) bond motifs is 1. The molecular formula is C24H29N3O2. The molecule has 0 spiro atoms. The molecule has 1 aliphatic heterocycles. The molecule has 0 aliphatic carbocycles. The number of hydrogen-bond acceptors (Lipinski definition) is 5. The van der Waals surface area contributed by atoms with Crippen molar-refractivity contribution in [3.8, 4) is 5.75 Å². The molecule has 1 aliphatic rings. The van der Waals surface area contributed by atoms with Gasteiger partial charge in [-0.3, -0.25) is 14.8 Å². The Balaban J connectivity index is 1.46. The second-order valence-electron chi connectivity index (χ2n) is 7.74. The van der Waals surface area contributed by atoms with Crippen LogP contribution in [0.1, 0.15) is 17.5 Å². The van der Waals surface area contributed by atoms with Crippen molar-refractivity contribution in [3.63, 3.8) is 0 Å². The lowest BCUT2D eigenvalue weighted by Crippen LogP contribution is -2.52. The number of hydrogen-bond donors (Lipinski definition) is 1. The topological polar surface area (TPSA) is 48.8 Å². The average Bonchev–Trinajstić information content (AvgIpc) is 2.76. The summed E-state index contributed by atoms with van der Waals surface area (Å²) in [5.41, 5.74) is 2.59. The summed E-state index contributed by atoms with van der Waals surface area (Å²) in [5.74, 6) is 0.894.